The zero-order valence-corrected chi connectivity index (χ0v) is 23.4. The van der Waals surface area contributed by atoms with E-state index >= 15 is 0 Å². The molecule has 0 saturated heterocycles. The van der Waals surface area contributed by atoms with Crippen molar-refractivity contribution < 1.29 is 61.9 Å². The molecule has 3 aromatic rings. The minimum absolute atomic E-state index is 0.141. The number of alkyl halides is 3. The molecule has 1 aliphatic heterocycles. The third-order valence-corrected chi connectivity index (χ3v) is 7.19. The number of anilines is 3. The van der Waals surface area contributed by atoms with Crippen LogP contribution in [0.2, 0.25) is 0 Å². The van der Waals surface area contributed by atoms with Gasteiger partial charge in [-0.25, -0.2) is 8.78 Å². The number of likely N-dealkylation sites (N-methyl/N-ethyl adjacent to an activating group) is 1. The summed E-state index contributed by atoms with van der Waals surface area (Å²) in [5.74, 6) is -12.7. The lowest BCUT2D eigenvalue weighted by molar-refractivity contribution is -0.444. The Morgan fingerprint density at radius 3 is 2.20 bits per heavy atom. The first-order valence-electron chi connectivity index (χ1n) is 12.7. The maximum atomic E-state index is 14.4. The van der Waals surface area contributed by atoms with E-state index in [9.17, 15) is 61.9 Å². The summed E-state index contributed by atoms with van der Waals surface area (Å²) in [6.07, 6.45) is -4.87. The molecule has 240 valence electrons. The van der Waals surface area contributed by atoms with Crippen molar-refractivity contribution in [3.63, 3.8) is 0 Å². The van der Waals surface area contributed by atoms with Crippen molar-refractivity contribution in [1.29, 1.82) is 0 Å². The molecule has 1 unspecified atom stereocenters. The highest BCUT2D eigenvalue weighted by atomic mass is 19.4. The van der Waals surface area contributed by atoms with Crippen LogP contribution in [0.3, 0.4) is 0 Å². The molecule has 0 bridgehead atoms. The molecule has 7 N–H and O–H groups in total. The molecule has 0 aromatic heterocycles. The average molecular weight is 641 g/mol. The summed E-state index contributed by atoms with van der Waals surface area (Å²) in [5, 5.41) is 54.4. The Balaban J connectivity index is 2.05. The second-order valence-corrected chi connectivity index (χ2v) is 10.2. The first-order chi connectivity index (χ1) is 20.7. The van der Waals surface area contributed by atoms with Crippen LogP contribution >= 0.6 is 0 Å². The summed E-state index contributed by atoms with van der Waals surface area (Å²) in [7, 11) is 1.88. The molecule has 1 heterocycles. The lowest BCUT2D eigenvalue weighted by Gasteiger charge is -2.40. The number of nitrogens with one attached hydrogen (secondary N) is 2. The molecule has 1 atom stereocenters. The van der Waals surface area contributed by atoms with E-state index < -0.39 is 81.3 Å². The number of aliphatic hydroxyl groups is 5. The molecule has 3 aromatic carbocycles. The molecule has 0 saturated carbocycles. The summed E-state index contributed by atoms with van der Waals surface area (Å²) < 4.78 is 68.6. The standard InChI is InChI=1S/C28H25F5N4O8/c1-12-4-5-15(29)9-17(12)22-20-18(34-24(39)13-6-14(26(31,32)33)8-16(30)7-13)10-19(37(3)27(41,42)28(43,44)45)23(36(2)11-38)21(20)25(40)35-22/h4-11,22,41-45H,1-3H3,(H,34,39)(H,35,40). The average Bonchev–Trinajstić information content (AvgIpc) is 3.28. The Bertz CT molecular complexity index is 1710. The number of carbonyl (C=O) groups is 3. The lowest BCUT2D eigenvalue weighted by Crippen LogP contribution is -2.64. The van der Waals surface area contributed by atoms with Gasteiger partial charge in [-0.05, 0) is 54.4 Å². The van der Waals surface area contributed by atoms with Crippen LogP contribution < -0.4 is 20.4 Å². The zero-order chi connectivity index (χ0) is 33.8. The quantitative estimate of drug-likeness (QED) is 0.109. The molecule has 3 amide bonds. The fourth-order valence-corrected chi connectivity index (χ4v) is 4.87. The van der Waals surface area contributed by atoms with Gasteiger partial charge in [-0.1, -0.05) is 6.07 Å². The number of nitrogens with zero attached hydrogens (tertiary/aromatic N) is 2. The van der Waals surface area contributed by atoms with Gasteiger partial charge in [0.2, 0.25) is 6.41 Å². The maximum Gasteiger partial charge on any atom is 0.416 e. The van der Waals surface area contributed by atoms with Gasteiger partial charge in [0.15, 0.2) is 0 Å². The SMILES string of the molecule is Cc1ccc(F)cc1C1NC(=O)c2c1c(NC(=O)c1cc(F)cc(C(F)(F)F)c1)cc(N(C)C(O)(O)C(O)(O)O)c2N(C)C=O. The first-order valence-corrected chi connectivity index (χ1v) is 12.7. The van der Waals surface area contributed by atoms with Crippen molar-refractivity contribution in [3.05, 3.63) is 87.5 Å². The highest BCUT2D eigenvalue weighted by Crippen LogP contribution is 2.48. The summed E-state index contributed by atoms with van der Waals surface area (Å²) in [6.45, 7) is 1.55. The lowest BCUT2D eigenvalue weighted by atomic mass is 9.91. The predicted molar refractivity (Wildman–Crippen MR) is 146 cm³/mol. The highest BCUT2D eigenvalue weighted by molar-refractivity contribution is 6.13. The van der Waals surface area contributed by atoms with Crippen molar-refractivity contribution in [2.75, 3.05) is 29.2 Å². The van der Waals surface area contributed by atoms with Gasteiger partial charge < -0.3 is 46.0 Å². The van der Waals surface area contributed by atoms with Crippen molar-refractivity contribution in [2.45, 2.75) is 31.0 Å². The van der Waals surface area contributed by atoms with E-state index in [0.717, 1.165) is 37.2 Å². The topological polar surface area (TPSA) is 183 Å². The molecule has 45 heavy (non-hydrogen) atoms. The van der Waals surface area contributed by atoms with Gasteiger partial charge in [0.25, 0.3) is 11.8 Å². The Morgan fingerprint density at radius 1 is 0.978 bits per heavy atom. The molecule has 0 aliphatic carbocycles. The third kappa shape index (κ3) is 6.03. The molecular formula is C28H25F5N4O8. The van der Waals surface area contributed by atoms with E-state index in [1.165, 1.54) is 6.07 Å². The van der Waals surface area contributed by atoms with Crippen LogP contribution in [0.25, 0.3) is 0 Å². The van der Waals surface area contributed by atoms with Crippen LogP contribution in [0.5, 0.6) is 0 Å². The highest BCUT2D eigenvalue weighted by Gasteiger charge is 2.52. The maximum absolute atomic E-state index is 14.4. The van der Waals surface area contributed by atoms with E-state index in [1.54, 1.807) is 6.92 Å². The van der Waals surface area contributed by atoms with Crippen LogP contribution in [0.15, 0.2) is 42.5 Å². The van der Waals surface area contributed by atoms with E-state index in [4.69, 9.17) is 0 Å². The van der Waals surface area contributed by atoms with Crippen LogP contribution in [-0.2, 0) is 11.0 Å². The molecular weight excluding hydrogens is 615 g/mol. The number of hydrogen-bond donors (Lipinski definition) is 7. The predicted octanol–water partition coefficient (Wildman–Crippen LogP) is 1.68. The minimum atomic E-state index is -5.04. The number of benzene rings is 3. The summed E-state index contributed by atoms with van der Waals surface area (Å²) >= 11 is 0. The Morgan fingerprint density at radius 2 is 1.62 bits per heavy atom. The van der Waals surface area contributed by atoms with Crippen LogP contribution in [0, 0.1) is 18.6 Å². The van der Waals surface area contributed by atoms with Crippen molar-refractivity contribution in [3.8, 4) is 0 Å². The molecule has 0 fully saturated rings. The second kappa shape index (κ2) is 11.4. The number of carbonyl (C=O) groups excluding carboxylic acids is 3. The molecule has 0 spiro atoms. The van der Waals surface area contributed by atoms with Gasteiger partial charge in [0.1, 0.15) is 11.6 Å². The number of amides is 3. The Labute approximate surface area is 250 Å². The van der Waals surface area contributed by atoms with E-state index in [2.05, 4.69) is 10.6 Å². The number of halogens is 5. The normalized spacial score (nSPS) is 15.0. The fraction of sp³-hybridized carbons (Fsp3) is 0.250. The molecule has 17 heteroatoms. The number of hydrogen-bond acceptors (Lipinski definition) is 9. The molecule has 4 rings (SSSR count). The van der Waals surface area contributed by atoms with Gasteiger partial charge >= 0.3 is 18.1 Å². The van der Waals surface area contributed by atoms with E-state index in [-0.39, 0.29) is 28.5 Å². The number of aryl methyl sites for hydroxylation is 1. The zero-order valence-electron chi connectivity index (χ0n) is 23.4. The summed E-state index contributed by atoms with van der Waals surface area (Å²) in [5.41, 5.74) is -3.93. The largest absolute Gasteiger partial charge is 0.416 e. The minimum Gasteiger partial charge on any atom is -0.342 e. The van der Waals surface area contributed by atoms with Gasteiger partial charge in [-0.3, -0.25) is 14.4 Å². The van der Waals surface area contributed by atoms with Gasteiger partial charge in [-0.2, -0.15) is 13.2 Å². The monoisotopic (exact) mass is 640 g/mol. The fourth-order valence-electron chi connectivity index (χ4n) is 4.87. The third-order valence-electron chi connectivity index (χ3n) is 7.19. The van der Waals surface area contributed by atoms with Crippen molar-refractivity contribution >= 4 is 35.3 Å². The Hall–Kier alpha value is -4.68. The second-order valence-electron chi connectivity index (χ2n) is 10.2. The Kier molecular flexibility index (Phi) is 8.38. The van der Waals surface area contributed by atoms with Crippen LogP contribution in [0.1, 0.15) is 49.0 Å². The van der Waals surface area contributed by atoms with Crippen LogP contribution in [-0.4, -0.2) is 69.7 Å². The smallest absolute Gasteiger partial charge is 0.342 e. The first kappa shape index (κ1) is 33.2. The van der Waals surface area contributed by atoms with Crippen LogP contribution in [0.4, 0.5) is 39.0 Å². The number of rotatable bonds is 8. The molecule has 12 nitrogen and oxygen atoms in total. The summed E-state index contributed by atoms with van der Waals surface area (Å²) in [6, 6.07) is 4.13. The number of fused-ring (bicyclic) bond motifs is 1. The molecule has 1 aliphatic rings. The van der Waals surface area contributed by atoms with Crippen molar-refractivity contribution in [1.82, 2.24) is 5.32 Å². The van der Waals surface area contributed by atoms with Crippen molar-refractivity contribution in [2.24, 2.45) is 0 Å². The molecule has 0 radical (unpaired) electrons. The van der Waals surface area contributed by atoms with Gasteiger partial charge in [-0.15, -0.1) is 0 Å². The summed E-state index contributed by atoms with van der Waals surface area (Å²) in [4.78, 5) is 39.7. The van der Waals surface area contributed by atoms with E-state index in [1.807, 2.05) is 0 Å². The van der Waals surface area contributed by atoms with Gasteiger partial charge in [0.05, 0.1) is 28.5 Å². The van der Waals surface area contributed by atoms with E-state index in [0.29, 0.717) is 17.7 Å². The van der Waals surface area contributed by atoms with Gasteiger partial charge in [0, 0.05) is 30.9 Å².